The van der Waals surface area contributed by atoms with Crippen molar-refractivity contribution in [3.63, 3.8) is 0 Å². The van der Waals surface area contributed by atoms with Gasteiger partial charge in [-0.2, -0.15) is 0 Å². The van der Waals surface area contributed by atoms with Crippen LogP contribution in [0.15, 0.2) is 36.4 Å². The maximum absolute atomic E-state index is 6.08. The number of hydrogen-bond acceptors (Lipinski definition) is 1. The van der Waals surface area contributed by atoms with E-state index in [1.54, 1.807) is 12.1 Å². The maximum Gasteiger partial charge on any atom is 0.138 e. The number of hydrogen-bond donors (Lipinski definition) is 1. The topological polar surface area (TPSA) is 28.7 Å². The Morgan fingerprint density at radius 1 is 0.889 bits per heavy atom. The molecule has 3 aromatic rings. The van der Waals surface area contributed by atoms with Gasteiger partial charge < -0.3 is 4.98 Å². The molecule has 0 aliphatic heterocycles. The summed E-state index contributed by atoms with van der Waals surface area (Å²) in [5, 5.41) is 1.64. The molecule has 2 nitrogen and oxygen atoms in total. The van der Waals surface area contributed by atoms with Gasteiger partial charge in [-0.1, -0.05) is 40.9 Å². The second-order valence-corrected chi connectivity index (χ2v) is 5.07. The van der Waals surface area contributed by atoms with Crippen molar-refractivity contribution in [2.45, 2.75) is 0 Å². The lowest BCUT2D eigenvalue weighted by molar-refractivity contribution is 1.34. The van der Waals surface area contributed by atoms with Gasteiger partial charge in [0, 0.05) is 5.56 Å². The van der Waals surface area contributed by atoms with Crippen molar-refractivity contribution in [2.24, 2.45) is 0 Å². The number of imidazole rings is 1. The average molecular weight is 298 g/mol. The lowest BCUT2D eigenvalue weighted by Gasteiger charge is -1.99. The van der Waals surface area contributed by atoms with E-state index in [4.69, 9.17) is 34.8 Å². The molecule has 0 aliphatic carbocycles. The highest BCUT2D eigenvalue weighted by atomic mass is 35.5. The molecule has 0 saturated heterocycles. The van der Waals surface area contributed by atoms with E-state index in [0.717, 1.165) is 22.4 Å². The van der Waals surface area contributed by atoms with Crippen molar-refractivity contribution in [2.75, 3.05) is 0 Å². The lowest BCUT2D eigenvalue weighted by atomic mass is 10.2. The molecular weight excluding hydrogens is 291 g/mol. The molecule has 0 bridgehead atoms. The van der Waals surface area contributed by atoms with Crippen LogP contribution in [-0.2, 0) is 0 Å². The van der Waals surface area contributed by atoms with Crippen molar-refractivity contribution in [1.82, 2.24) is 9.97 Å². The van der Waals surface area contributed by atoms with Crippen LogP contribution in [0.4, 0.5) is 0 Å². The molecule has 1 heterocycles. The van der Waals surface area contributed by atoms with E-state index in [2.05, 4.69) is 9.97 Å². The van der Waals surface area contributed by atoms with Gasteiger partial charge in [-0.15, -0.1) is 0 Å². The zero-order chi connectivity index (χ0) is 12.7. The normalized spacial score (nSPS) is 11.1. The third-order valence-electron chi connectivity index (χ3n) is 2.66. The molecule has 0 amide bonds. The Morgan fingerprint density at radius 3 is 2.44 bits per heavy atom. The largest absolute Gasteiger partial charge is 0.338 e. The van der Waals surface area contributed by atoms with Gasteiger partial charge in [0.2, 0.25) is 0 Å². The quantitative estimate of drug-likeness (QED) is 0.658. The Bertz CT molecular complexity index is 734. The van der Waals surface area contributed by atoms with E-state index in [9.17, 15) is 0 Å². The minimum Gasteiger partial charge on any atom is -0.338 e. The van der Waals surface area contributed by atoms with Crippen LogP contribution < -0.4 is 0 Å². The van der Waals surface area contributed by atoms with Crippen LogP contribution in [0.3, 0.4) is 0 Å². The van der Waals surface area contributed by atoms with E-state index in [0.29, 0.717) is 15.1 Å². The van der Waals surface area contributed by atoms with E-state index in [-0.39, 0.29) is 0 Å². The molecule has 90 valence electrons. The van der Waals surface area contributed by atoms with Gasteiger partial charge in [0.05, 0.1) is 20.6 Å². The Morgan fingerprint density at radius 2 is 1.72 bits per heavy atom. The van der Waals surface area contributed by atoms with Crippen molar-refractivity contribution in [1.29, 1.82) is 0 Å². The molecule has 0 unspecified atom stereocenters. The second kappa shape index (κ2) is 4.47. The SMILES string of the molecule is Clc1ccc(-c2nc3c(Cl)cccc3[nH]2)cc1Cl. The number of H-pyrrole nitrogens is 1. The first-order valence-corrected chi connectivity index (χ1v) is 6.38. The first kappa shape index (κ1) is 11.8. The van der Waals surface area contributed by atoms with E-state index in [1.165, 1.54) is 0 Å². The number of aromatic amines is 1. The van der Waals surface area contributed by atoms with Crippen molar-refractivity contribution in [3.05, 3.63) is 51.5 Å². The molecule has 1 aromatic heterocycles. The zero-order valence-electron chi connectivity index (χ0n) is 9.05. The van der Waals surface area contributed by atoms with Gasteiger partial charge in [0.25, 0.3) is 0 Å². The van der Waals surface area contributed by atoms with Crippen LogP contribution in [0.5, 0.6) is 0 Å². The molecule has 0 fully saturated rings. The molecule has 1 N–H and O–H groups in total. The van der Waals surface area contributed by atoms with Gasteiger partial charge in [0.15, 0.2) is 0 Å². The Kier molecular flexibility index (Phi) is 2.94. The molecule has 2 aromatic carbocycles. The number of nitrogens with one attached hydrogen (secondary N) is 1. The van der Waals surface area contributed by atoms with E-state index < -0.39 is 0 Å². The minimum atomic E-state index is 0.501. The highest BCUT2D eigenvalue weighted by Gasteiger charge is 2.09. The highest BCUT2D eigenvalue weighted by molar-refractivity contribution is 6.42. The van der Waals surface area contributed by atoms with Crippen molar-refractivity contribution < 1.29 is 0 Å². The van der Waals surface area contributed by atoms with E-state index >= 15 is 0 Å². The van der Waals surface area contributed by atoms with Crippen LogP contribution in [0.25, 0.3) is 22.4 Å². The molecule has 0 spiro atoms. The van der Waals surface area contributed by atoms with Crippen LogP contribution >= 0.6 is 34.8 Å². The second-order valence-electron chi connectivity index (χ2n) is 3.85. The number of rotatable bonds is 1. The van der Waals surface area contributed by atoms with Gasteiger partial charge >= 0.3 is 0 Å². The van der Waals surface area contributed by atoms with Crippen molar-refractivity contribution in [3.8, 4) is 11.4 Å². The van der Waals surface area contributed by atoms with Gasteiger partial charge in [-0.3, -0.25) is 0 Å². The number of aromatic nitrogens is 2. The number of nitrogens with zero attached hydrogens (tertiary/aromatic N) is 1. The summed E-state index contributed by atoms with van der Waals surface area (Å²) in [5.41, 5.74) is 2.51. The van der Waals surface area contributed by atoms with Crippen LogP contribution in [0.2, 0.25) is 15.1 Å². The van der Waals surface area contributed by atoms with Crippen LogP contribution in [0.1, 0.15) is 0 Å². The van der Waals surface area contributed by atoms with Gasteiger partial charge in [-0.05, 0) is 30.3 Å². The lowest BCUT2D eigenvalue weighted by Crippen LogP contribution is -1.80. The molecule has 5 heteroatoms. The summed E-state index contributed by atoms with van der Waals surface area (Å²) >= 11 is 18.0. The van der Waals surface area contributed by atoms with E-state index in [1.807, 2.05) is 24.3 Å². The third kappa shape index (κ3) is 1.97. The fourth-order valence-corrected chi connectivity index (χ4v) is 2.29. The van der Waals surface area contributed by atoms with Gasteiger partial charge in [0.1, 0.15) is 11.3 Å². The number of fused-ring (bicyclic) bond motifs is 1. The fourth-order valence-electron chi connectivity index (χ4n) is 1.78. The summed E-state index contributed by atoms with van der Waals surface area (Å²) in [6.07, 6.45) is 0. The minimum absolute atomic E-state index is 0.501. The predicted molar refractivity (Wildman–Crippen MR) is 76.6 cm³/mol. The summed E-state index contributed by atoms with van der Waals surface area (Å²) in [7, 11) is 0. The summed E-state index contributed by atoms with van der Waals surface area (Å²) < 4.78 is 0. The smallest absolute Gasteiger partial charge is 0.138 e. The van der Waals surface area contributed by atoms with Crippen LogP contribution in [0, 0.1) is 0 Å². The molecule has 0 atom stereocenters. The zero-order valence-corrected chi connectivity index (χ0v) is 11.3. The summed E-state index contributed by atoms with van der Waals surface area (Å²) in [5.74, 6) is 0.719. The number of para-hydroxylation sites is 1. The highest BCUT2D eigenvalue weighted by Crippen LogP contribution is 2.29. The van der Waals surface area contributed by atoms with Crippen molar-refractivity contribution >= 4 is 45.8 Å². The first-order valence-electron chi connectivity index (χ1n) is 5.25. The predicted octanol–water partition coefficient (Wildman–Crippen LogP) is 5.19. The first-order chi connectivity index (χ1) is 8.65. The molecular formula is C13H7Cl3N2. The number of halogens is 3. The monoisotopic (exact) mass is 296 g/mol. The Labute approximate surface area is 119 Å². The summed E-state index contributed by atoms with van der Waals surface area (Å²) in [6.45, 7) is 0. The number of benzene rings is 2. The molecule has 18 heavy (non-hydrogen) atoms. The Hall–Kier alpha value is -1.22. The Balaban J connectivity index is 2.19. The van der Waals surface area contributed by atoms with Crippen LogP contribution in [-0.4, -0.2) is 9.97 Å². The summed E-state index contributed by atoms with van der Waals surface area (Å²) in [6, 6.07) is 11.0. The molecule has 0 radical (unpaired) electrons. The molecule has 0 aliphatic rings. The third-order valence-corrected chi connectivity index (χ3v) is 3.70. The summed E-state index contributed by atoms with van der Waals surface area (Å²) in [4.78, 5) is 7.67. The van der Waals surface area contributed by atoms with Gasteiger partial charge in [-0.25, -0.2) is 4.98 Å². The standard InChI is InChI=1S/C13H7Cl3N2/c14-8-5-4-7(6-10(8)16)13-17-11-3-1-2-9(15)12(11)18-13/h1-6H,(H,17,18). The molecule has 0 saturated carbocycles. The molecule has 3 rings (SSSR count). The average Bonchev–Trinajstić information content (AvgIpc) is 2.78. The fraction of sp³-hybridized carbons (Fsp3) is 0. The maximum atomic E-state index is 6.08.